The van der Waals surface area contributed by atoms with Crippen LogP contribution in [0.3, 0.4) is 0 Å². The maximum Gasteiger partial charge on any atom is 0.122 e. The van der Waals surface area contributed by atoms with E-state index in [9.17, 15) is 0 Å². The molecule has 0 aliphatic rings. The van der Waals surface area contributed by atoms with Crippen molar-refractivity contribution in [3.05, 3.63) is 58.7 Å². The molecular formula is C23H32O4. The molecule has 27 heavy (non-hydrogen) atoms. The van der Waals surface area contributed by atoms with Gasteiger partial charge < -0.3 is 19.7 Å². The Bertz CT molecular complexity index is 695. The fourth-order valence-corrected chi connectivity index (χ4v) is 3.41. The molecule has 0 unspecified atom stereocenters. The molecule has 2 N–H and O–H groups in total. The average Bonchev–Trinajstić information content (AvgIpc) is 2.65. The fourth-order valence-electron chi connectivity index (χ4n) is 3.41. The Morgan fingerprint density at radius 1 is 0.815 bits per heavy atom. The first kappa shape index (κ1) is 21.3. The monoisotopic (exact) mass is 372 g/mol. The van der Waals surface area contributed by atoms with Crippen LogP contribution in [-0.2, 0) is 5.41 Å². The fraction of sp³-hybridized carbons (Fsp3) is 0.478. The zero-order chi connectivity index (χ0) is 20.0. The highest BCUT2D eigenvalue weighted by Crippen LogP contribution is 2.41. The van der Waals surface area contributed by atoms with Gasteiger partial charge in [-0.1, -0.05) is 45.0 Å². The Balaban J connectivity index is 2.43. The van der Waals surface area contributed by atoms with E-state index in [4.69, 9.17) is 19.7 Å². The maximum absolute atomic E-state index is 8.98. The van der Waals surface area contributed by atoms with Crippen LogP contribution >= 0.6 is 0 Å². The van der Waals surface area contributed by atoms with Crippen LogP contribution in [0.15, 0.2) is 36.4 Å². The zero-order valence-electron chi connectivity index (χ0n) is 17.1. The third-order valence-electron chi connectivity index (χ3n) is 5.40. The standard InChI is InChI=1S/C23H32O4/c1-16(2)23(5,19-6-8-21(17(3)14-19)26-12-10-24)20-7-9-22(18(4)15-20)27-13-11-25/h6-9,14-16,24-25H,10-13H2,1-5H3. The molecule has 4 heteroatoms. The van der Waals surface area contributed by atoms with Gasteiger partial charge in [0.25, 0.3) is 0 Å². The molecule has 0 saturated carbocycles. The second-order valence-corrected chi connectivity index (χ2v) is 7.46. The minimum absolute atomic E-state index is 0.00881. The molecule has 0 heterocycles. The van der Waals surface area contributed by atoms with Crippen molar-refractivity contribution >= 4 is 0 Å². The second kappa shape index (κ2) is 9.25. The van der Waals surface area contributed by atoms with E-state index in [-0.39, 0.29) is 18.6 Å². The summed E-state index contributed by atoms with van der Waals surface area (Å²) in [6.45, 7) is 11.4. The largest absolute Gasteiger partial charge is 0.491 e. The Hall–Kier alpha value is -2.04. The normalized spacial score (nSPS) is 11.7. The summed E-state index contributed by atoms with van der Waals surface area (Å²) in [7, 11) is 0. The molecule has 0 radical (unpaired) electrons. The van der Waals surface area contributed by atoms with Crippen molar-refractivity contribution in [3.63, 3.8) is 0 Å². The molecule has 0 fully saturated rings. The number of hydrogen-bond acceptors (Lipinski definition) is 4. The number of hydrogen-bond donors (Lipinski definition) is 2. The van der Waals surface area contributed by atoms with Crippen LogP contribution < -0.4 is 9.47 Å². The lowest BCUT2D eigenvalue weighted by Crippen LogP contribution is -2.30. The highest BCUT2D eigenvalue weighted by atomic mass is 16.5. The lowest BCUT2D eigenvalue weighted by Gasteiger charge is -2.36. The smallest absolute Gasteiger partial charge is 0.122 e. The van der Waals surface area contributed by atoms with Crippen LogP contribution in [0.25, 0.3) is 0 Å². The molecule has 0 aromatic heterocycles. The van der Waals surface area contributed by atoms with Crippen LogP contribution in [0, 0.1) is 19.8 Å². The minimum Gasteiger partial charge on any atom is -0.491 e. The van der Waals surface area contributed by atoms with Crippen molar-refractivity contribution in [1.82, 2.24) is 0 Å². The van der Waals surface area contributed by atoms with Gasteiger partial charge in [-0.15, -0.1) is 0 Å². The maximum atomic E-state index is 8.98. The van der Waals surface area contributed by atoms with E-state index in [0.717, 1.165) is 22.6 Å². The molecule has 0 saturated heterocycles. The summed E-state index contributed by atoms with van der Waals surface area (Å²) in [6.07, 6.45) is 0. The van der Waals surface area contributed by atoms with Crippen molar-refractivity contribution in [2.75, 3.05) is 26.4 Å². The lowest BCUT2D eigenvalue weighted by molar-refractivity contribution is 0.200. The molecule has 0 amide bonds. The van der Waals surface area contributed by atoms with Crippen LogP contribution in [-0.4, -0.2) is 36.6 Å². The van der Waals surface area contributed by atoms with Crippen molar-refractivity contribution in [2.24, 2.45) is 5.92 Å². The van der Waals surface area contributed by atoms with E-state index in [1.54, 1.807) is 0 Å². The summed E-state index contributed by atoms with van der Waals surface area (Å²) < 4.78 is 11.2. The Morgan fingerprint density at radius 3 is 1.52 bits per heavy atom. The molecule has 0 atom stereocenters. The van der Waals surface area contributed by atoms with Gasteiger partial charge in [0.05, 0.1) is 13.2 Å². The Labute approximate surface area is 162 Å². The third-order valence-corrected chi connectivity index (χ3v) is 5.40. The summed E-state index contributed by atoms with van der Waals surface area (Å²) in [4.78, 5) is 0. The highest BCUT2D eigenvalue weighted by Gasteiger charge is 2.33. The van der Waals surface area contributed by atoms with E-state index in [2.05, 4.69) is 45.0 Å². The zero-order valence-corrected chi connectivity index (χ0v) is 17.1. The van der Waals surface area contributed by atoms with Crippen LogP contribution in [0.4, 0.5) is 0 Å². The van der Waals surface area contributed by atoms with Gasteiger partial charge in [0.2, 0.25) is 0 Å². The molecule has 0 bridgehead atoms. The van der Waals surface area contributed by atoms with Gasteiger partial charge in [-0.2, -0.15) is 0 Å². The van der Waals surface area contributed by atoms with Crippen molar-refractivity contribution in [3.8, 4) is 11.5 Å². The van der Waals surface area contributed by atoms with Gasteiger partial charge in [-0.05, 0) is 54.2 Å². The molecule has 2 aromatic carbocycles. The predicted octanol–water partition coefficient (Wildman–Crippen LogP) is 4.01. The first-order valence-corrected chi connectivity index (χ1v) is 9.54. The van der Waals surface area contributed by atoms with Gasteiger partial charge in [-0.3, -0.25) is 0 Å². The highest BCUT2D eigenvalue weighted by molar-refractivity contribution is 5.48. The second-order valence-electron chi connectivity index (χ2n) is 7.46. The third kappa shape index (κ3) is 4.63. The first-order chi connectivity index (χ1) is 12.8. The van der Waals surface area contributed by atoms with Crippen molar-refractivity contribution < 1.29 is 19.7 Å². The first-order valence-electron chi connectivity index (χ1n) is 9.54. The quantitative estimate of drug-likeness (QED) is 0.698. The summed E-state index contributed by atoms with van der Waals surface area (Å²) in [6, 6.07) is 12.6. The van der Waals surface area contributed by atoms with Crippen molar-refractivity contribution in [2.45, 2.75) is 40.0 Å². The molecule has 2 aromatic rings. The van der Waals surface area contributed by atoms with E-state index < -0.39 is 0 Å². The number of ether oxygens (including phenoxy) is 2. The van der Waals surface area contributed by atoms with E-state index >= 15 is 0 Å². The number of aryl methyl sites for hydroxylation is 2. The predicted molar refractivity (Wildman–Crippen MR) is 109 cm³/mol. The number of aliphatic hydroxyl groups excluding tert-OH is 2. The van der Waals surface area contributed by atoms with Gasteiger partial charge in [-0.25, -0.2) is 0 Å². The lowest BCUT2D eigenvalue weighted by atomic mass is 9.68. The summed E-state index contributed by atoms with van der Waals surface area (Å²) >= 11 is 0. The number of rotatable bonds is 9. The molecule has 148 valence electrons. The van der Waals surface area contributed by atoms with Gasteiger partial charge >= 0.3 is 0 Å². The van der Waals surface area contributed by atoms with E-state index in [1.807, 2.05) is 26.0 Å². The van der Waals surface area contributed by atoms with Crippen LogP contribution in [0.2, 0.25) is 0 Å². The molecular weight excluding hydrogens is 340 g/mol. The summed E-state index contributed by atoms with van der Waals surface area (Å²) in [5.74, 6) is 2.00. The van der Waals surface area contributed by atoms with Gasteiger partial charge in [0, 0.05) is 5.41 Å². The molecule has 0 aliphatic carbocycles. The van der Waals surface area contributed by atoms with Crippen molar-refractivity contribution in [1.29, 1.82) is 0 Å². The molecule has 0 spiro atoms. The minimum atomic E-state index is -0.166. The Morgan fingerprint density at radius 2 is 1.22 bits per heavy atom. The number of benzene rings is 2. The summed E-state index contributed by atoms with van der Waals surface area (Å²) in [5.41, 5.74) is 4.42. The molecule has 0 aliphatic heterocycles. The summed E-state index contributed by atoms with van der Waals surface area (Å²) in [5, 5.41) is 18.0. The van der Waals surface area contributed by atoms with Gasteiger partial charge in [0.15, 0.2) is 0 Å². The van der Waals surface area contributed by atoms with Crippen LogP contribution in [0.5, 0.6) is 11.5 Å². The molecule has 4 nitrogen and oxygen atoms in total. The SMILES string of the molecule is Cc1cc(C(C)(c2ccc(OCCO)c(C)c2)C(C)C)ccc1OCCO. The van der Waals surface area contributed by atoms with Crippen LogP contribution in [0.1, 0.15) is 43.0 Å². The van der Waals surface area contributed by atoms with Gasteiger partial charge in [0.1, 0.15) is 24.7 Å². The van der Waals surface area contributed by atoms with E-state index in [1.165, 1.54) is 11.1 Å². The topological polar surface area (TPSA) is 58.9 Å². The Kier molecular flexibility index (Phi) is 7.28. The molecule has 2 rings (SSSR count). The van der Waals surface area contributed by atoms with E-state index in [0.29, 0.717) is 19.1 Å². The number of aliphatic hydroxyl groups is 2. The average molecular weight is 373 g/mol.